The molecule has 3 atom stereocenters. The maximum Gasteiger partial charge on any atom is 0.452 e. The van der Waals surface area contributed by atoms with Crippen LogP contribution in [-0.4, -0.2) is 70.9 Å². The fraction of sp³-hybridized carbons (Fsp3) is 0.429. The standard InChI is InChI=1S/C28H32F3N5O6S/c1-17(2)15-20(34-26(39)23-24(28(29,30)31)42-27(35-23)18-9-4-3-5-10-18)25(38)33-19-11-8-14-36(16-21(19)37)43(40,41)22-12-6-7-13-32-22/h3-7,9-10,12-13,17,19-21,37H,8,11,14-16H2,1-2H3,(H,33,38)(H,34,39)/t19?,20-,21?/m0/s1. The van der Waals surface area contributed by atoms with E-state index in [0.29, 0.717) is 6.42 Å². The molecule has 4 rings (SSSR count). The number of pyridine rings is 1. The molecule has 1 aliphatic heterocycles. The lowest BCUT2D eigenvalue weighted by atomic mass is 10.0. The van der Waals surface area contributed by atoms with E-state index in [-0.39, 0.29) is 42.4 Å². The number of hydrogen-bond acceptors (Lipinski definition) is 8. The topological polar surface area (TPSA) is 155 Å². The molecule has 3 heterocycles. The molecule has 3 N–H and O–H groups in total. The molecule has 15 heteroatoms. The van der Waals surface area contributed by atoms with Gasteiger partial charge in [0.25, 0.3) is 15.9 Å². The summed E-state index contributed by atoms with van der Waals surface area (Å²) < 4.78 is 73.4. The van der Waals surface area contributed by atoms with Gasteiger partial charge in [-0.05, 0) is 49.4 Å². The van der Waals surface area contributed by atoms with Crippen LogP contribution < -0.4 is 10.6 Å². The SMILES string of the molecule is CC(C)C[C@H](NC(=O)c1nc(-c2ccccc2)oc1C(F)(F)F)C(=O)NC1CCCN(S(=O)(=O)c2ccccn2)CC1O. The molecule has 0 radical (unpaired) electrons. The maximum absolute atomic E-state index is 13.8. The third-order valence-electron chi connectivity index (χ3n) is 6.80. The average molecular weight is 624 g/mol. The van der Waals surface area contributed by atoms with Crippen molar-refractivity contribution in [1.29, 1.82) is 0 Å². The molecule has 2 amide bonds. The van der Waals surface area contributed by atoms with Gasteiger partial charge in [-0.1, -0.05) is 38.1 Å². The number of β-amino-alcohol motifs (C(OH)–C–C–N with tert-alkyl or cyclic N) is 1. The maximum atomic E-state index is 13.8. The Morgan fingerprint density at radius 1 is 1.14 bits per heavy atom. The molecule has 11 nitrogen and oxygen atoms in total. The number of alkyl halides is 3. The number of rotatable bonds is 9. The lowest BCUT2D eigenvalue weighted by Crippen LogP contribution is -2.54. The van der Waals surface area contributed by atoms with Gasteiger partial charge in [0.2, 0.25) is 17.6 Å². The number of aliphatic hydroxyl groups is 1. The predicted octanol–water partition coefficient (Wildman–Crippen LogP) is 3.23. The lowest BCUT2D eigenvalue weighted by molar-refractivity contribution is -0.153. The van der Waals surface area contributed by atoms with E-state index in [0.717, 1.165) is 4.31 Å². The largest absolute Gasteiger partial charge is 0.452 e. The number of amides is 2. The number of sulfonamides is 1. The Bertz CT molecular complexity index is 1520. The van der Waals surface area contributed by atoms with E-state index in [4.69, 9.17) is 4.42 Å². The third kappa shape index (κ3) is 7.77. The first-order valence-corrected chi connectivity index (χ1v) is 15.0. The first-order chi connectivity index (χ1) is 20.3. The van der Waals surface area contributed by atoms with E-state index in [1.807, 2.05) is 0 Å². The highest BCUT2D eigenvalue weighted by molar-refractivity contribution is 7.89. The first kappa shape index (κ1) is 32.1. The lowest BCUT2D eigenvalue weighted by Gasteiger charge is -2.27. The molecule has 0 saturated carbocycles. The Labute approximate surface area is 246 Å². The van der Waals surface area contributed by atoms with Crippen LogP contribution in [-0.2, 0) is 21.0 Å². The molecule has 0 aliphatic carbocycles. The quantitative estimate of drug-likeness (QED) is 0.328. The number of aromatic nitrogens is 2. The van der Waals surface area contributed by atoms with Crippen LogP contribution in [0.25, 0.3) is 11.5 Å². The molecule has 1 saturated heterocycles. The molecule has 1 aromatic carbocycles. The fourth-order valence-corrected chi connectivity index (χ4v) is 6.14. The van der Waals surface area contributed by atoms with Gasteiger partial charge in [-0.25, -0.2) is 18.4 Å². The van der Waals surface area contributed by atoms with Crippen molar-refractivity contribution in [2.24, 2.45) is 5.92 Å². The van der Waals surface area contributed by atoms with Gasteiger partial charge in [-0.15, -0.1) is 0 Å². The second-order valence-corrected chi connectivity index (χ2v) is 12.5. The first-order valence-electron chi connectivity index (χ1n) is 13.6. The molecule has 2 aromatic heterocycles. The van der Waals surface area contributed by atoms with Crippen LogP contribution in [0.3, 0.4) is 0 Å². The van der Waals surface area contributed by atoms with Crippen LogP contribution in [0.2, 0.25) is 0 Å². The number of carbonyl (C=O) groups excluding carboxylic acids is 2. The van der Waals surface area contributed by atoms with E-state index in [1.165, 1.54) is 30.5 Å². The zero-order valence-corrected chi connectivity index (χ0v) is 24.2. The molecule has 232 valence electrons. The third-order valence-corrected chi connectivity index (χ3v) is 8.58. The summed E-state index contributed by atoms with van der Waals surface area (Å²) in [7, 11) is -4.00. The van der Waals surface area contributed by atoms with E-state index >= 15 is 0 Å². The van der Waals surface area contributed by atoms with Crippen LogP contribution in [0.5, 0.6) is 0 Å². The minimum atomic E-state index is -5.03. The van der Waals surface area contributed by atoms with Crippen molar-refractivity contribution in [2.75, 3.05) is 13.1 Å². The van der Waals surface area contributed by atoms with Crippen LogP contribution in [0.1, 0.15) is 49.4 Å². The predicted molar refractivity (Wildman–Crippen MR) is 148 cm³/mol. The summed E-state index contributed by atoms with van der Waals surface area (Å²) in [4.78, 5) is 34.1. The molecule has 1 aliphatic rings. The number of oxazole rings is 1. The van der Waals surface area contributed by atoms with E-state index in [1.54, 1.807) is 38.1 Å². The summed E-state index contributed by atoms with van der Waals surface area (Å²) in [5, 5.41) is 15.7. The van der Waals surface area contributed by atoms with Crippen molar-refractivity contribution in [3.8, 4) is 11.5 Å². The second-order valence-electron chi connectivity index (χ2n) is 10.6. The van der Waals surface area contributed by atoms with E-state index < -0.39 is 63.5 Å². The van der Waals surface area contributed by atoms with Gasteiger partial charge in [0.15, 0.2) is 10.7 Å². The van der Waals surface area contributed by atoms with Gasteiger partial charge in [-0.3, -0.25) is 9.59 Å². The van der Waals surface area contributed by atoms with Gasteiger partial charge in [-0.2, -0.15) is 17.5 Å². The highest BCUT2D eigenvalue weighted by Gasteiger charge is 2.43. The summed E-state index contributed by atoms with van der Waals surface area (Å²) in [6, 6.07) is 10.0. The van der Waals surface area contributed by atoms with Crippen LogP contribution in [0, 0.1) is 5.92 Å². The highest BCUT2D eigenvalue weighted by Crippen LogP contribution is 2.35. The van der Waals surface area contributed by atoms with Gasteiger partial charge < -0.3 is 20.2 Å². The molecule has 0 spiro atoms. The molecular weight excluding hydrogens is 591 g/mol. The number of nitrogens with one attached hydrogen (secondary N) is 2. The summed E-state index contributed by atoms with van der Waals surface area (Å²) >= 11 is 0. The Kier molecular flexibility index (Phi) is 9.87. The normalized spacial score (nSPS) is 19.0. The van der Waals surface area contributed by atoms with Gasteiger partial charge in [0.05, 0.1) is 12.1 Å². The van der Waals surface area contributed by atoms with E-state index in [9.17, 15) is 36.3 Å². The minimum absolute atomic E-state index is 0.0608. The monoisotopic (exact) mass is 623 g/mol. The summed E-state index contributed by atoms with van der Waals surface area (Å²) in [5.41, 5.74) is -0.789. The van der Waals surface area contributed by atoms with Gasteiger partial charge in [0.1, 0.15) is 6.04 Å². The summed E-state index contributed by atoms with van der Waals surface area (Å²) in [6.45, 7) is 3.28. The number of halogens is 3. The van der Waals surface area contributed by atoms with Crippen molar-refractivity contribution in [2.45, 2.75) is 62.5 Å². The zero-order valence-electron chi connectivity index (χ0n) is 23.4. The zero-order chi connectivity index (χ0) is 31.4. The molecule has 0 bridgehead atoms. The van der Waals surface area contributed by atoms with E-state index in [2.05, 4.69) is 20.6 Å². The Hall–Kier alpha value is -3.82. The van der Waals surface area contributed by atoms with Gasteiger partial charge >= 0.3 is 6.18 Å². The summed E-state index contributed by atoms with van der Waals surface area (Å²) in [6.07, 6.45) is -4.43. The van der Waals surface area contributed by atoms with Crippen LogP contribution >= 0.6 is 0 Å². The molecule has 2 unspecified atom stereocenters. The summed E-state index contributed by atoms with van der Waals surface area (Å²) in [5.74, 6) is -4.16. The average Bonchev–Trinajstić information content (AvgIpc) is 3.35. The molecule has 43 heavy (non-hydrogen) atoms. The smallest absolute Gasteiger partial charge is 0.431 e. The molecular formula is C28H32F3N5O6S. The van der Waals surface area contributed by atoms with Crippen molar-refractivity contribution >= 4 is 21.8 Å². The number of carbonyl (C=O) groups is 2. The van der Waals surface area contributed by atoms with Gasteiger partial charge in [0, 0.05) is 24.8 Å². The number of hydrogen-bond donors (Lipinski definition) is 3. The van der Waals surface area contributed by atoms with Crippen LogP contribution in [0.15, 0.2) is 64.2 Å². The Morgan fingerprint density at radius 3 is 2.47 bits per heavy atom. The van der Waals surface area contributed by atoms with Crippen molar-refractivity contribution in [3.63, 3.8) is 0 Å². The van der Waals surface area contributed by atoms with Crippen molar-refractivity contribution < 1.29 is 40.7 Å². The Balaban J connectivity index is 1.50. The minimum Gasteiger partial charge on any atom is -0.431 e. The van der Waals surface area contributed by atoms with Crippen molar-refractivity contribution in [3.05, 3.63) is 66.2 Å². The number of aliphatic hydroxyl groups excluding tert-OH is 1. The Morgan fingerprint density at radius 2 is 1.84 bits per heavy atom. The van der Waals surface area contributed by atoms with Crippen LogP contribution in [0.4, 0.5) is 13.2 Å². The van der Waals surface area contributed by atoms with Crippen molar-refractivity contribution in [1.82, 2.24) is 24.9 Å². The number of benzene rings is 1. The fourth-order valence-electron chi connectivity index (χ4n) is 4.71. The second kappa shape index (κ2) is 13.2. The highest BCUT2D eigenvalue weighted by atomic mass is 32.2. The molecule has 3 aromatic rings. The molecule has 1 fully saturated rings. The number of nitrogens with zero attached hydrogens (tertiary/aromatic N) is 3.